The molecule has 0 aromatic heterocycles. The first kappa shape index (κ1) is 10.5. The minimum atomic E-state index is 0.770. The SMILES string of the molecule is N#Cc1cccc(Br)c1N1CCCCC1. The highest BCUT2D eigenvalue weighted by Gasteiger charge is 2.16. The van der Waals surface area contributed by atoms with Gasteiger partial charge in [-0.15, -0.1) is 0 Å². The molecule has 0 amide bonds. The fourth-order valence-corrected chi connectivity index (χ4v) is 2.66. The lowest BCUT2D eigenvalue weighted by Crippen LogP contribution is -2.30. The summed E-state index contributed by atoms with van der Waals surface area (Å²) in [5.41, 5.74) is 1.84. The molecule has 78 valence electrons. The van der Waals surface area contributed by atoms with Gasteiger partial charge in [-0.1, -0.05) is 6.07 Å². The number of hydrogen-bond donors (Lipinski definition) is 0. The van der Waals surface area contributed by atoms with Crippen LogP contribution in [0.2, 0.25) is 0 Å². The van der Waals surface area contributed by atoms with E-state index in [0.29, 0.717) is 0 Å². The molecule has 15 heavy (non-hydrogen) atoms. The van der Waals surface area contributed by atoms with E-state index >= 15 is 0 Å². The summed E-state index contributed by atoms with van der Waals surface area (Å²) in [6.45, 7) is 2.13. The minimum absolute atomic E-state index is 0.770. The summed E-state index contributed by atoms with van der Waals surface area (Å²) in [7, 11) is 0. The zero-order valence-corrected chi connectivity index (χ0v) is 10.1. The maximum Gasteiger partial charge on any atom is 0.101 e. The molecule has 0 unspecified atom stereocenters. The van der Waals surface area contributed by atoms with Gasteiger partial charge in [0.1, 0.15) is 6.07 Å². The van der Waals surface area contributed by atoms with Crippen LogP contribution >= 0.6 is 15.9 Å². The van der Waals surface area contributed by atoms with E-state index < -0.39 is 0 Å². The lowest BCUT2D eigenvalue weighted by Gasteiger charge is -2.30. The van der Waals surface area contributed by atoms with E-state index in [0.717, 1.165) is 28.8 Å². The summed E-state index contributed by atoms with van der Waals surface area (Å²) >= 11 is 3.53. The zero-order valence-electron chi connectivity index (χ0n) is 8.54. The van der Waals surface area contributed by atoms with Crippen molar-refractivity contribution in [3.63, 3.8) is 0 Å². The Morgan fingerprint density at radius 2 is 1.93 bits per heavy atom. The number of para-hydroxylation sites is 1. The van der Waals surface area contributed by atoms with Crippen molar-refractivity contribution >= 4 is 21.6 Å². The number of piperidine rings is 1. The first-order chi connectivity index (χ1) is 7.33. The lowest BCUT2D eigenvalue weighted by atomic mass is 10.1. The first-order valence-electron chi connectivity index (χ1n) is 5.26. The Labute approximate surface area is 98.6 Å². The minimum Gasteiger partial charge on any atom is -0.370 e. The van der Waals surface area contributed by atoms with Gasteiger partial charge in [0.15, 0.2) is 0 Å². The van der Waals surface area contributed by atoms with E-state index in [1.54, 1.807) is 0 Å². The second-order valence-electron chi connectivity index (χ2n) is 3.80. The van der Waals surface area contributed by atoms with Gasteiger partial charge in [0.25, 0.3) is 0 Å². The second-order valence-corrected chi connectivity index (χ2v) is 4.65. The molecule has 1 aliphatic heterocycles. The quantitative estimate of drug-likeness (QED) is 0.778. The molecule has 0 bridgehead atoms. The van der Waals surface area contributed by atoms with Crippen molar-refractivity contribution in [1.82, 2.24) is 0 Å². The Morgan fingerprint density at radius 3 is 2.60 bits per heavy atom. The summed E-state index contributed by atoms with van der Waals surface area (Å²) < 4.78 is 1.03. The van der Waals surface area contributed by atoms with Crippen LogP contribution in [-0.2, 0) is 0 Å². The summed E-state index contributed by atoms with van der Waals surface area (Å²) in [6, 6.07) is 8.06. The van der Waals surface area contributed by atoms with Crippen molar-refractivity contribution < 1.29 is 0 Å². The van der Waals surface area contributed by atoms with Crippen molar-refractivity contribution in [1.29, 1.82) is 5.26 Å². The van der Waals surface area contributed by atoms with E-state index in [4.69, 9.17) is 5.26 Å². The average molecular weight is 265 g/mol. The molecule has 0 aliphatic carbocycles. The highest BCUT2D eigenvalue weighted by molar-refractivity contribution is 9.10. The highest BCUT2D eigenvalue weighted by Crippen LogP contribution is 2.31. The molecule has 0 saturated carbocycles. The largest absolute Gasteiger partial charge is 0.370 e. The third-order valence-electron chi connectivity index (χ3n) is 2.78. The van der Waals surface area contributed by atoms with Crippen LogP contribution in [0.3, 0.4) is 0 Å². The smallest absolute Gasteiger partial charge is 0.101 e. The van der Waals surface area contributed by atoms with Gasteiger partial charge >= 0.3 is 0 Å². The van der Waals surface area contributed by atoms with Gasteiger partial charge in [-0.3, -0.25) is 0 Å². The number of benzene rings is 1. The second kappa shape index (κ2) is 4.67. The molecule has 2 rings (SSSR count). The van der Waals surface area contributed by atoms with Gasteiger partial charge in [0.2, 0.25) is 0 Å². The standard InChI is InChI=1S/C12H13BrN2/c13-11-6-4-5-10(9-14)12(11)15-7-2-1-3-8-15/h4-6H,1-3,7-8H2. The maximum absolute atomic E-state index is 9.08. The molecule has 0 spiro atoms. The predicted octanol–water partition coefficient (Wildman–Crippen LogP) is 3.31. The van der Waals surface area contributed by atoms with Gasteiger partial charge < -0.3 is 4.90 Å². The Balaban J connectivity index is 2.37. The predicted molar refractivity (Wildman–Crippen MR) is 64.9 cm³/mol. The van der Waals surface area contributed by atoms with Crippen LogP contribution in [0.5, 0.6) is 0 Å². The monoisotopic (exact) mass is 264 g/mol. The van der Waals surface area contributed by atoms with Gasteiger partial charge in [0, 0.05) is 17.6 Å². The molecule has 0 atom stereocenters. The molecule has 0 radical (unpaired) electrons. The Morgan fingerprint density at radius 1 is 1.20 bits per heavy atom. The van der Waals surface area contributed by atoms with Crippen LogP contribution < -0.4 is 4.90 Å². The number of nitrogens with zero attached hydrogens (tertiary/aromatic N) is 2. The van der Waals surface area contributed by atoms with Crippen molar-refractivity contribution in [3.05, 3.63) is 28.2 Å². The summed E-state index contributed by atoms with van der Waals surface area (Å²) in [5.74, 6) is 0. The van der Waals surface area contributed by atoms with Crippen LogP contribution in [0.25, 0.3) is 0 Å². The molecule has 2 nitrogen and oxygen atoms in total. The third-order valence-corrected chi connectivity index (χ3v) is 3.42. The lowest BCUT2D eigenvalue weighted by molar-refractivity contribution is 0.577. The normalized spacial score (nSPS) is 16.1. The number of anilines is 1. The van der Waals surface area contributed by atoms with E-state index in [2.05, 4.69) is 26.9 Å². The summed E-state index contributed by atoms with van der Waals surface area (Å²) in [6.07, 6.45) is 3.77. The van der Waals surface area contributed by atoms with Crippen molar-refractivity contribution in [2.45, 2.75) is 19.3 Å². The molecular weight excluding hydrogens is 252 g/mol. The Bertz CT molecular complexity index is 389. The van der Waals surface area contributed by atoms with Crippen LogP contribution in [-0.4, -0.2) is 13.1 Å². The van der Waals surface area contributed by atoms with Gasteiger partial charge in [-0.25, -0.2) is 0 Å². The highest BCUT2D eigenvalue weighted by atomic mass is 79.9. The number of hydrogen-bond acceptors (Lipinski definition) is 2. The molecule has 1 aromatic carbocycles. The topological polar surface area (TPSA) is 27.0 Å². The van der Waals surface area contributed by atoms with Gasteiger partial charge in [0.05, 0.1) is 11.3 Å². The van der Waals surface area contributed by atoms with E-state index in [9.17, 15) is 0 Å². The van der Waals surface area contributed by atoms with Crippen LogP contribution in [0, 0.1) is 11.3 Å². The number of rotatable bonds is 1. The van der Waals surface area contributed by atoms with Crippen LogP contribution in [0.1, 0.15) is 24.8 Å². The van der Waals surface area contributed by atoms with Crippen molar-refractivity contribution in [3.8, 4) is 6.07 Å². The fourth-order valence-electron chi connectivity index (χ4n) is 2.04. The number of nitriles is 1. The van der Waals surface area contributed by atoms with E-state index in [-0.39, 0.29) is 0 Å². The summed E-state index contributed by atoms with van der Waals surface area (Å²) in [4.78, 5) is 2.31. The Hall–Kier alpha value is -1.01. The van der Waals surface area contributed by atoms with Gasteiger partial charge in [-0.2, -0.15) is 5.26 Å². The molecule has 3 heteroatoms. The molecule has 1 heterocycles. The molecular formula is C12H13BrN2. The fraction of sp³-hybridized carbons (Fsp3) is 0.417. The van der Waals surface area contributed by atoms with Crippen LogP contribution in [0.4, 0.5) is 5.69 Å². The number of halogens is 1. The molecule has 0 N–H and O–H groups in total. The van der Waals surface area contributed by atoms with E-state index in [1.807, 2.05) is 18.2 Å². The third kappa shape index (κ3) is 2.15. The molecule has 1 fully saturated rings. The molecule has 1 aliphatic rings. The van der Waals surface area contributed by atoms with E-state index in [1.165, 1.54) is 19.3 Å². The average Bonchev–Trinajstić information content (AvgIpc) is 2.29. The molecule has 1 saturated heterocycles. The van der Waals surface area contributed by atoms with Crippen LogP contribution in [0.15, 0.2) is 22.7 Å². The maximum atomic E-state index is 9.08. The Kier molecular flexibility index (Phi) is 3.27. The zero-order chi connectivity index (χ0) is 10.7. The van der Waals surface area contributed by atoms with Crippen molar-refractivity contribution in [2.75, 3.05) is 18.0 Å². The first-order valence-corrected chi connectivity index (χ1v) is 6.06. The van der Waals surface area contributed by atoms with Gasteiger partial charge in [-0.05, 0) is 47.3 Å². The molecule has 1 aromatic rings. The summed E-state index contributed by atoms with van der Waals surface area (Å²) in [5, 5.41) is 9.08. The van der Waals surface area contributed by atoms with Crippen molar-refractivity contribution in [2.24, 2.45) is 0 Å².